The summed E-state index contributed by atoms with van der Waals surface area (Å²) in [6.45, 7) is 5.92. The number of amides is 1. The number of nitrogens with zero attached hydrogens (tertiary/aromatic N) is 6. The van der Waals surface area contributed by atoms with Gasteiger partial charge in [0.25, 0.3) is 5.91 Å². The molecule has 148 valence electrons. The summed E-state index contributed by atoms with van der Waals surface area (Å²) < 4.78 is 8.27. The number of rotatable bonds is 5. The van der Waals surface area contributed by atoms with E-state index in [1.807, 2.05) is 19.1 Å². The molecule has 3 heterocycles. The van der Waals surface area contributed by atoms with Crippen molar-refractivity contribution in [2.75, 3.05) is 19.0 Å². The van der Waals surface area contributed by atoms with Crippen LogP contribution in [-0.2, 0) is 9.53 Å². The minimum Gasteiger partial charge on any atom is -0.375 e. The average Bonchev–Trinajstić information content (AvgIpc) is 3.27. The van der Waals surface area contributed by atoms with Crippen molar-refractivity contribution in [1.29, 1.82) is 0 Å². The molecule has 0 bridgehead atoms. The van der Waals surface area contributed by atoms with Crippen LogP contribution in [0.3, 0.4) is 0 Å². The minimum atomic E-state index is -0.273. The van der Waals surface area contributed by atoms with Crippen LogP contribution < -0.4 is 5.32 Å². The third-order valence-electron chi connectivity index (χ3n) is 4.72. The van der Waals surface area contributed by atoms with Gasteiger partial charge in [-0.15, -0.1) is 0 Å². The molecule has 0 aliphatic rings. The van der Waals surface area contributed by atoms with Gasteiger partial charge < -0.3 is 10.1 Å². The first kappa shape index (κ1) is 18.8. The number of methoxy groups -OCH3 is 1. The maximum Gasteiger partial charge on any atom is 0.251 e. The van der Waals surface area contributed by atoms with Crippen LogP contribution in [0.25, 0.3) is 22.5 Å². The lowest BCUT2D eigenvalue weighted by molar-refractivity contribution is -0.119. The molecule has 0 unspecified atom stereocenters. The SMILES string of the molecule is COCC(=O)Nc1cc(C)nn1-c1ncnc2c1cnn2-c1cccc(C)c1C. The van der Waals surface area contributed by atoms with Gasteiger partial charge in [-0.25, -0.2) is 14.6 Å². The molecule has 3 aromatic heterocycles. The topological polar surface area (TPSA) is 99.8 Å². The first-order chi connectivity index (χ1) is 14.0. The molecule has 9 heteroatoms. The number of carbonyl (C=O) groups is 1. The Morgan fingerprint density at radius 3 is 2.79 bits per heavy atom. The molecule has 0 aliphatic heterocycles. The Balaban J connectivity index is 1.85. The number of hydrogen-bond donors (Lipinski definition) is 1. The second kappa shape index (κ2) is 7.44. The summed E-state index contributed by atoms with van der Waals surface area (Å²) in [4.78, 5) is 20.8. The molecule has 1 N–H and O–H groups in total. The van der Waals surface area contributed by atoms with E-state index in [1.165, 1.54) is 19.0 Å². The van der Waals surface area contributed by atoms with Crippen molar-refractivity contribution in [2.24, 2.45) is 0 Å². The van der Waals surface area contributed by atoms with Crippen molar-refractivity contribution in [3.05, 3.63) is 53.6 Å². The van der Waals surface area contributed by atoms with E-state index in [9.17, 15) is 4.79 Å². The lowest BCUT2D eigenvalue weighted by atomic mass is 10.1. The van der Waals surface area contributed by atoms with Gasteiger partial charge in [0, 0.05) is 13.2 Å². The number of hydrogen-bond acceptors (Lipinski definition) is 6. The summed E-state index contributed by atoms with van der Waals surface area (Å²) >= 11 is 0. The van der Waals surface area contributed by atoms with Gasteiger partial charge in [0.1, 0.15) is 18.8 Å². The normalized spacial score (nSPS) is 11.2. The van der Waals surface area contributed by atoms with Crippen LogP contribution in [0.2, 0.25) is 0 Å². The van der Waals surface area contributed by atoms with E-state index in [0.717, 1.165) is 22.3 Å². The molecular formula is C20H21N7O2. The summed E-state index contributed by atoms with van der Waals surface area (Å²) in [5.74, 6) is 0.765. The van der Waals surface area contributed by atoms with Crippen LogP contribution in [0.15, 0.2) is 36.8 Å². The maximum atomic E-state index is 12.0. The summed E-state index contributed by atoms with van der Waals surface area (Å²) in [6, 6.07) is 7.83. The van der Waals surface area contributed by atoms with Crippen LogP contribution in [0.4, 0.5) is 5.82 Å². The fourth-order valence-corrected chi connectivity index (χ4v) is 3.20. The molecule has 0 spiro atoms. The van der Waals surface area contributed by atoms with Gasteiger partial charge in [0.05, 0.1) is 23.0 Å². The lowest BCUT2D eigenvalue weighted by Crippen LogP contribution is -2.19. The Kier molecular flexibility index (Phi) is 4.81. The first-order valence-electron chi connectivity index (χ1n) is 9.10. The first-order valence-corrected chi connectivity index (χ1v) is 9.10. The Labute approximate surface area is 167 Å². The van der Waals surface area contributed by atoms with Crippen LogP contribution >= 0.6 is 0 Å². The molecular weight excluding hydrogens is 370 g/mol. The zero-order valence-corrected chi connectivity index (χ0v) is 16.7. The number of benzene rings is 1. The minimum absolute atomic E-state index is 0.0476. The lowest BCUT2D eigenvalue weighted by Gasteiger charge is -2.10. The molecule has 0 saturated carbocycles. The van der Waals surface area contributed by atoms with Crippen LogP contribution in [0, 0.1) is 20.8 Å². The molecule has 0 radical (unpaired) electrons. The Bertz CT molecular complexity index is 1210. The van der Waals surface area contributed by atoms with E-state index >= 15 is 0 Å². The second-order valence-electron chi connectivity index (χ2n) is 6.77. The van der Waals surface area contributed by atoms with E-state index in [1.54, 1.807) is 21.6 Å². The summed E-state index contributed by atoms with van der Waals surface area (Å²) in [5, 5.41) is 12.6. The standard InChI is InChI=1S/C20H21N7O2/c1-12-6-5-7-16(14(12)3)26-19-15(9-23-26)20(22-11-21-19)27-17(8-13(2)25-27)24-18(28)10-29-4/h5-9,11H,10H2,1-4H3,(H,24,28). The molecule has 1 amide bonds. The quantitative estimate of drug-likeness (QED) is 0.561. The fourth-order valence-electron chi connectivity index (χ4n) is 3.20. The predicted octanol–water partition coefficient (Wildman–Crippen LogP) is 2.51. The number of aryl methyl sites for hydroxylation is 2. The van der Waals surface area contributed by atoms with Gasteiger partial charge in [0.2, 0.25) is 0 Å². The number of ether oxygens (including phenoxy) is 1. The van der Waals surface area contributed by atoms with Crippen molar-refractivity contribution in [3.63, 3.8) is 0 Å². The number of fused-ring (bicyclic) bond motifs is 1. The zero-order valence-electron chi connectivity index (χ0n) is 16.7. The summed E-state index contributed by atoms with van der Waals surface area (Å²) in [5.41, 5.74) is 4.65. The molecule has 29 heavy (non-hydrogen) atoms. The highest BCUT2D eigenvalue weighted by molar-refractivity contribution is 5.92. The number of nitrogens with one attached hydrogen (secondary N) is 1. The second-order valence-corrected chi connectivity index (χ2v) is 6.77. The molecule has 0 saturated heterocycles. The largest absolute Gasteiger partial charge is 0.375 e. The highest BCUT2D eigenvalue weighted by Crippen LogP contribution is 2.25. The van der Waals surface area contributed by atoms with Gasteiger partial charge >= 0.3 is 0 Å². The monoisotopic (exact) mass is 391 g/mol. The molecule has 0 fully saturated rings. The molecule has 1 aromatic carbocycles. The van der Waals surface area contributed by atoms with Gasteiger partial charge in [-0.3, -0.25) is 4.79 Å². The number of carbonyl (C=O) groups excluding carboxylic acids is 1. The van der Waals surface area contributed by atoms with Crippen molar-refractivity contribution >= 4 is 22.8 Å². The van der Waals surface area contributed by atoms with Gasteiger partial charge in [-0.1, -0.05) is 12.1 Å². The molecule has 0 atom stereocenters. The molecule has 4 aromatic rings. The Morgan fingerprint density at radius 1 is 1.17 bits per heavy atom. The number of anilines is 1. The molecule has 9 nitrogen and oxygen atoms in total. The van der Waals surface area contributed by atoms with Crippen LogP contribution in [-0.4, -0.2) is 49.2 Å². The third kappa shape index (κ3) is 3.36. The van der Waals surface area contributed by atoms with E-state index < -0.39 is 0 Å². The average molecular weight is 391 g/mol. The maximum absolute atomic E-state index is 12.0. The zero-order chi connectivity index (χ0) is 20.5. The van der Waals surface area contributed by atoms with Gasteiger partial charge in [0.15, 0.2) is 11.5 Å². The van der Waals surface area contributed by atoms with Gasteiger partial charge in [-0.05, 0) is 38.0 Å². The molecule has 4 rings (SSSR count). The van der Waals surface area contributed by atoms with Crippen LogP contribution in [0.1, 0.15) is 16.8 Å². The van der Waals surface area contributed by atoms with E-state index in [-0.39, 0.29) is 12.5 Å². The van der Waals surface area contributed by atoms with E-state index in [4.69, 9.17) is 4.74 Å². The van der Waals surface area contributed by atoms with E-state index in [0.29, 0.717) is 17.3 Å². The smallest absolute Gasteiger partial charge is 0.251 e. The Morgan fingerprint density at radius 2 is 2.00 bits per heavy atom. The van der Waals surface area contributed by atoms with Crippen molar-refractivity contribution < 1.29 is 9.53 Å². The summed E-state index contributed by atoms with van der Waals surface area (Å²) in [7, 11) is 1.47. The van der Waals surface area contributed by atoms with Crippen LogP contribution in [0.5, 0.6) is 0 Å². The van der Waals surface area contributed by atoms with Crippen molar-refractivity contribution in [2.45, 2.75) is 20.8 Å². The summed E-state index contributed by atoms with van der Waals surface area (Å²) in [6.07, 6.45) is 3.18. The Hall–Kier alpha value is -3.59. The van der Waals surface area contributed by atoms with Gasteiger partial charge in [-0.2, -0.15) is 14.9 Å². The fraction of sp³-hybridized carbons (Fsp3) is 0.250. The molecule has 0 aliphatic carbocycles. The van der Waals surface area contributed by atoms with Crippen molar-refractivity contribution in [1.82, 2.24) is 29.5 Å². The highest BCUT2D eigenvalue weighted by Gasteiger charge is 2.18. The number of aromatic nitrogens is 6. The van der Waals surface area contributed by atoms with E-state index in [2.05, 4.69) is 45.4 Å². The third-order valence-corrected chi connectivity index (χ3v) is 4.72. The predicted molar refractivity (Wildman–Crippen MR) is 108 cm³/mol. The van der Waals surface area contributed by atoms with Crippen molar-refractivity contribution in [3.8, 4) is 11.5 Å². The highest BCUT2D eigenvalue weighted by atomic mass is 16.5.